The Bertz CT molecular complexity index is 719. The summed E-state index contributed by atoms with van der Waals surface area (Å²) in [6.07, 6.45) is 1.76. The van der Waals surface area contributed by atoms with Crippen molar-refractivity contribution < 1.29 is 23.1 Å². The molecule has 0 aromatic heterocycles. The van der Waals surface area contributed by atoms with Gasteiger partial charge in [0.05, 0.1) is 18.4 Å². The molecule has 0 amide bonds. The quantitative estimate of drug-likeness (QED) is 0.111. The van der Waals surface area contributed by atoms with Crippen LogP contribution < -0.4 is 5.11 Å². The maximum absolute atomic E-state index is 12.1. The fourth-order valence-corrected chi connectivity index (χ4v) is 4.39. The zero-order chi connectivity index (χ0) is 17.6. The van der Waals surface area contributed by atoms with Gasteiger partial charge in [-0.25, -0.2) is 13.2 Å². The number of ether oxygens (including phenoxy) is 1. The van der Waals surface area contributed by atoms with Gasteiger partial charge in [0.15, 0.2) is 0 Å². The van der Waals surface area contributed by atoms with Crippen LogP contribution in [-0.4, -0.2) is 33.1 Å². The first-order chi connectivity index (χ1) is 10.6. The van der Waals surface area contributed by atoms with Gasteiger partial charge in [-0.15, -0.1) is 0 Å². The molecule has 10 heteroatoms. The van der Waals surface area contributed by atoms with E-state index in [0.29, 0.717) is 18.4 Å². The molecular formula is C13H13I3NO5S-. The van der Waals surface area contributed by atoms with Crippen LogP contribution in [-0.2, 0) is 14.8 Å². The SMILES string of the molecule is CS(=O)(=O)/N=C(/[O-])CCCCOC(=O)c1cc(I)cc(I)c1I. The second-order valence-corrected chi connectivity index (χ2v) is 9.70. The molecule has 6 nitrogen and oxygen atoms in total. The van der Waals surface area contributed by atoms with E-state index in [4.69, 9.17) is 4.74 Å². The second-order valence-electron chi connectivity index (χ2n) is 4.56. The lowest BCUT2D eigenvalue weighted by Gasteiger charge is -2.10. The van der Waals surface area contributed by atoms with Crippen molar-refractivity contribution in [2.45, 2.75) is 19.3 Å². The second kappa shape index (κ2) is 9.70. The number of esters is 1. The molecule has 0 fully saturated rings. The molecule has 0 bridgehead atoms. The van der Waals surface area contributed by atoms with Gasteiger partial charge in [-0.1, -0.05) is 0 Å². The van der Waals surface area contributed by atoms with Crippen molar-refractivity contribution in [2.24, 2.45) is 4.40 Å². The maximum Gasteiger partial charge on any atom is 0.339 e. The molecule has 0 aliphatic heterocycles. The minimum Gasteiger partial charge on any atom is -0.861 e. The predicted molar refractivity (Wildman–Crippen MR) is 111 cm³/mol. The molecular weight excluding hydrogens is 663 g/mol. The van der Waals surface area contributed by atoms with Gasteiger partial charge in [0.2, 0.25) is 10.0 Å². The molecule has 0 atom stereocenters. The summed E-state index contributed by atoms with van der Waals surface area (Å²) >= 11 is 6.40. The molecule has 23 heavy (non-hydrogen) atoms. The molecule has 0 aliphatic rings. The molecule has 0 aliphatic carbocycles. The van der Waals surface area contributed by atoms with E-state index in [1.807, 2.05) is 6.07 Å². The van der Waals surface area contributed by atoms with E-state index in [0.717, 1.165) is 17.0 Å². The zero-order valence-electron chi connectivity index (χ0n) is 12.0. The highest BCUT2D eigenvalue weighted by Crippen LogP contribution is 2.23. The number of hydrogen-bond acceptors (Lipinski definition) is 5. The first-order valence-corrected chi connectivity index (χ1v) is 11.5. The van der Waals surface area contributed by atoms with Crippen LogP contribution in [0.4, 0.5) is 0 Å². The minimum atomic E-state index is -3.64. The summed E-state index contributed by atoms with van der Waals surface area (Å²) in [5, 5.41) is 11.2. The van der Waals surface area contributed by atoms with Crippen LogP contribution >= 0.6 is 67.8 Å². The zero-order valence-corrected chi connectivity index (χ0v) is 19.3. The highest BCUT2D eigenvalue weighted by Gasteiger charge is 2.14. The third kappa shape index (κ3) is 8.29. The summed E-state index contributed by atoms with van der Waals surface area (Å²) in [4.78, 5) is 12.1. The lowest BCUT2D eigenvalue weighted by molar-refractivity contribution is -0.218. The Morgan fingerprint density at radius 3 is 2.52 bits per heavy atom. The number of benzene rings is 1. The molecule has 0 unspecified atom stereocenters. The van der Waals surface area contributed by atoms with Gasteiger partial charge in [-0.3, -0.25) is 0 Å². The smallest absolute Gasteiger partial charge is 0.339 e. The van der Waals surface area contributed by atoms with Crippen molar-refractivity contribution >= 4 is 89.7 Å². The highest BCUT2D eigenvalue weighted by molar-refractivity contribution is 14.1. The minimum absolute atomic E-state index is 0.0172. The number of sulfonamides is 1. The van der Waals surface area contributed by atoms with E-state index >= 15 is 0 Å². The van der Waals surface area contributed by atoms with Gasteiger partial charge < -0.3 is 9.84 Å². The van der Waals surface area contributed by atoms with E-state index in [2.05, 4.69) is 72.2 Å². The molecule has 1 rings (SSSR count). The number of rotatable bonds is 7. The third-order valence-corrected chi connectivity index (χ3v) is 6.70. The molecule has 0 heterocycles. The maximum atomic E-state index is 12.1. The molecule has 0 spiro atoms. The Labute approximate surface area is 175 Å². The molecule has 1 aromatic rings. The fraction of sp³-hybridized carbons (Fsp3) is 0.385. The Balaban J connectivity index is 2.46. The molecule has 0 radical (unpaired) electrons. The Kier molecular flexibility index (Phi) is 9.00. The van der Waals surface area contributed by atoms with Gasteiger partial charge in [0, 0.05) is 10.7 Å². The summed E-state index contributed by atoms with van der Waals surface area (Å²) in [5.74, 6) is -1.08. The normalized spacial score (nSPS) is 12.3. The van der Waals surface area contributed by atoms with Crippen LogP contribution in [0.5, 0.6) is 0 Å². The van der Waals surface area contributed by atoms with Crippen molar-refractivity contribution in [1.82, 2.24) is 0 Å². The van der Waals surface area contributed by atoms with Crippen LogP contribution in [0.25, 0.3) is 0 Å². The molecule has 0 saturated carbocycles. The number of carbonyl (C=O) groups excluding carboxylic acids is 1. The van der Waals surface area contributed by atoms with Gasteiger partial charge in [-0.05, 0) is 105 Å². The molecule has 1 aromatic carbocycles. The summed E-state index contributed by atoms with van der Waals surface area (Å²) in [5.41, 5.74) is 0.519. The number of carbonyl (C=O) groups is 1. The van der Waals surface area contributed by atoms with E-state index < -0.39 is 21.9 Å². The van der Waals surface area contributed by atoms with Crippen molar-refractivity contribution in [2.75, 3.05) is 12.9 Å². The Morgan fingerprint density at radius 2 is 1.91 bits per heavy atom. The number of nitrogens with zero attached hydrogens (tertiary/aromatic N) is 1. The topological polar surface area (TPSA) is 95.9 Å². The Morgan fingerprint density at radius 1 is 1.26 bits per heavy atom. The van der Waals surface area contributed by atoms with Crippen LogP contribution in [0.1, 0.15) is 29.6 Å². The van der Waals surface area contributed by atoms with Crippen molar-refractivity contribution in [3.8, 4) is 0 Å². The lowest BCUT2D eigenvalue weighted by Crippen LogP contribution is -2.19. The first-order valence-electron chi connectivity index (χ1n) is 6.37. The summed E-state index contributed by atoms with van der Waals surface area (Å²) in [6, 6.07) is 3.73. The number of unbranched alkanes of at least 4 members (excludes halogenated alkanes) is 1. The van der Waals surface area contributed by atoms with Crippen molar-refractivity contribution in [3.05, 3.63) is 28.4 Å². The van der Waals surface area contributed by atoms with Crippen LogP contribution in [0.2, 0.25) is 0 Å². The van der Waals surface area contributed by atoms with Gasteiger partial charge >= 0.3 is 5.97 Å². The lowest BCUT2D eigenvalue weighted by atomic mass is 10.2. The number of hydrogen-bond donors (Lipinski definition) is 0. The fourth-order valence-electron chi connectivity index (χ4n) is 1.56. The standard InChI is InChI=1S/C13H14I3NO5S/c1-23(20,21)17-11(18)4-2-3-5-22-13(19)9-6-8(14)7-10(15)12(9)16/h6-7H,2-5H2,1H3,(H,17,18)/p-1. The van der Waals surface area contributed by atoms with E-state index in [-0.39, 0.29) is 13.0 Å². The Hall–Kier alpha value is 0.300. The van der Waals surface area contributed by atoms with Crippen molar-refractivity contribution in [3.63, 3.8) is 0 Å². The highest BCUT2D eigenvalue weighted by atomic mass is 127. The van der Waals surface area contributed by atoms with Crippen LogP contribution in [0.15, 0.2) is 16.5 Å². The van der Waals surface area contributed by atoms with Crippen molar-refractivity contribution in [1.29, 1.82) is 0 Å². The summed E-state index contributed by atoms with van der Waals surface area (Å²) in [7, 11) is -3.64. The summed E-state index contributed by atoms with van der Waals surface area (Å²) < 4.78 is 32.6. The predicted octanol–water partition coefficient (Wildman–Crippen LogP) is 2.55. The average Bonchev–Trinajstić information content (AvgIpc) is 2.40. The van der Waals surface area contributed by atoms with Crippen LogP contribution in [0.3, 0.4) is 0 Å². The van der Waals surface area contributed by atoms with Gasteiger partial charge in [0.25, 0.3) is 0 Å². The largest absolute Gasteiger partial charge is 0.861 e. The van der Waals surface area contributed by atoms with Gasteiger partial charge in [-0.2, -0.15) is 4.40 Å². The van der Waals surface area contributed by atoms with E-state index in [1.165, 1.54) is 0 Å². The molecule has 0 N–H and O–H groups in total. The summed E-state index contributed by atoms with van der Waals surface area (Å²) in [6.45, 7) is 0.170. The average molecular weight is 676 g/mol. The van der Waals surface area contributed by atoms with Gasteiger partial charge in [0.1, 0.15) is 0 Å². The molecule has 128 valence electrons. The van der Waals surface area contributed by atoms with Crippen LogP contribution in [0, 0.1) is 10.7 Å². The first kappa shape index (κ1) is 21.3. The monoisotopic (exact) mass is 676 g/mol. The van der Waals surface area contributed by atoms with E-state index in [1.54, 1.807) is 6.07 Å². The third-order valence-electron chi connectivity index (χ3n) is 2.50. The van der Waals surface area contributed by atoms with E-state index in [9.17, 15) is 18.3 Å². The molecule has 0 saturated heterocycles. The number of halogens is 3.